The monoisotopic (exact) mass is 1030 g/mol. The van der Waals surface area contributed by atoms with E-state index >= 15 is 0 Å². The average molecular weight is 1030 g/mol. The summed E-state index contributed by atoms with van der Waals surface area (Å²) in [6.07, 6.45) is 67.3. The molecule has 2 atom stereocenters. The molecule has 73 heavy (non-hydrogen) atoms. The van der Waals surface area contributed by atoms with Crippen LogP contribution < -0.4 is 0 Å². The van der Waals surface area contributed by atoms with Gasteiger partial charge in [-0.15, -0.1) is 0 Å². The lowest BCUT2D eigenvalue weighted by atomic mass is 10.0. The molecule has 0 aliphatic rings. The standard InChI is InChI=1S/C64H115NO8/c1-6-8-10-12-14-16-18-20-22-24-25-26-27-28-29-30-31-32-33-34-35-36-37-39-41-43-45-47-49-51-53-55-62(67)73-60(59-72-64(63(68)69)70-57-56-65(3,4)5)58-71-61(66)54-52-50-48-46-44-42-40-38-23-21-19-17-15-13-11-9-7-2/h8,10,14,16,20,22,25-26,28-29,60,64H,6-7,9,11-13,15,17-19,21,23-24,27,30-59H2,1-5H3/p+1/b10-8-,16-14-,22-20-,26-25-,29-28-. The van der Waals surface area contributed by atoms with Crippen molar-refractivity contribution in [3.8, 4) is 0 Å². The Morgan fingerprint density at radius 1 is 0.425 bits per heavy atom. The Hall–Kier alpha value is -3.01. The van der Waals surface area contributed by atoms with E-state index in [0.29, 0.717) is 17.4 Å². The Labute approximate surface area is 450 Å². The molecule has 424 valence electrons. The second-order valence-electron chi connectivity index (χ2n) is 21.6. The summed E-state index contributed by atoms with van der Waals surface area (Å²) in [7, 11) is 5.98. The molecule has 0 aliphatic heterocycles. The summed E-state index contributed by atoms with van der Waals surface area (Å²) in [6, 6.07) is 0. The van der Waals surface area contributed by atoms with Gasteiger partial charge in [0.2, 0.25) is 0 Å². The minimum atomic E-state index is -1.51. The number of rotatable bonds is 56. The summed E-state index contributed by atoms with van der Waals surface area (Å²) in [5, 5.41) is 9.71. The van der Waals surface area contributed by atoms with E-state index in [2.05, 4.69) is 74.6 Å². The van der Waals surface area contributed by atoms with E-state index in [-0.39, 0.29) is 32.2 Å². The zero-order valence-electron chi connectivity index (χ0n) is 48.3. The van der Waals surface area contributed by atoms with Crippen LogP contribution in [0, 0.1) is 0 Å². The smallest absolute Gasteiger partial charge is 0.361 e. The number of carboxylic acids is 1. The van der Waals surface area contributed by atoms with Gasteiger partial charge in [0.25, 0.3) is 6.29 Å². The third-order valence-corrected chi connectivity index (χ3v) is 13.3. The minimum absolute atomic E-state index is 0.179. The maximum Gasteiger partial charge on any atom is 0.361 e. The summed E-state index contributed by atoms with van der Waals surface area (Å²) in [5.74, 6) is -1.99. The van der Waals surface area contributed by atoms with Crippen LogP contribution in [0.3, 0.4) is 0 Å². The molecule has 0 fully saturated rings. The number of allylic oxidation sites excluding steroid dienone is 10. The van der Waals surface area contributed by atoms with E-state index in [9.17, 15) is 19.5 Å². The van der Waals surface area contributed by atoms with E-state index in [4.69, 9.17) is 18.9 Å². The number of esters is 2. The highest BCUT2D eigenvalue weighted by molar-refractivity contribution is 5.71. The third kappa shape index (κ3) is 56.6. The Bertz CT molecular complexity index is 1380. The number of ether oxygens (including phenoxy) is 4. The molecular weight excluding hydrogens is 911 g/mol. The number of nitrogens with zero attached hydrogens (tertiary/aromatic N) is 1. The first-order valence-corrected chi connectivity index (χ1v) is 30.5. The average Bonchev–Trinajstić information content (AvgIpc) is 3.36. The molecular formula is C64H116NO8+. The summed E-state index contributed by atoms with van der Waals surface area (Å²) < 4.78 is 22.9. The predicted octanol–water partition coefficient (Wildman–Crippen LogP) is 18.0. The zero-order valence-corrected chi connectivity index (χ0v) is 48.3. The normalized spacial score (nSPS) is 13.2. The first-order valence-electron chi connectivity index (χ1n) is 30.5. The molecule has 9 heteroatoms. The topological polar surface area (TPSA) is 108 Å². The van der Waals surface area contributed by atoms with Gasteiger partial charge in [0, 0.05) is 12.8 Å². The molecule has 1 N–H and O–H groups in total. The molecule has 2 unspecified atom stereocenters. The molecule has 0 rings (SSSR count). The van der Waals surface area contributed by atoms with E-state index in [1.165, 1.54) is 173 Å². The third-order valence-electron chi connectivity index (χ3n) is 13.3. The van der Waals surface area contributed by atoms with Crippen molar-refractivity contribution in [2.24, 2.45) is 0 Å². The SMILES string of the molecule is CC/C=C\C/C=C\C/C=C\C/C=C\C/C=C\CCCCCCCCCCCCCCCCCC(=O)OC(COC(=O)CCCCCCCCCCCCCCCCCCC)COC(OCC[N+](C)(C)C)C(=O)O. The molecule has 0 heterocycles. The molecule has 0 aromatic carbocycles. The Morgan fingerprint density at radius 3 is 1.16 bits per heavy atom. The van der Waals surface area contributed by atoms with Gasteiger partial charge >= 0.3 is 17.9 Å². The number of aliphatic carboxylic acids is 1. The van der Waals surface area contributed by atoms with Gasteiger partial charge < -0.3 is 28.5 Å². The van der Waals surface area contributed by atoms with Gasteiger partial charge in [-0.3, -0.25) is 9.59 Å². The van der Waals surface area contributed by atoms with Crippen molar-refractivity contribution < 1.29 is 42.9 Å². The molecule has 9 nitrogen and oxygen atoms in total. The van der Waals surface area contributed by atoms with E-state index in [0.717, 1.165) is 70.6 Å². The van der Waals surface area contributed by atoms with Gasteiger partial charge in [0.15, 0.2) is 6.10 Å². The van der Waals surface area contributed by atoms with Crippen LogP contribution >= 0.6 is 0 Å². The van der Waals surface area contributed by atoms with Crippen molar-refractivity contribution in [2.75, 3.05) is 47.5 Å². The molecule has 0 aliphatic carbocycles. The van der Waals surface area contributed by atoms with Crippen LogP contribution in [0.2, 0.25) is 0 Å². The maximum absolute atomic E-state index is 12.9. The van der Waals surface area contributed by atoms with Gasteiger partial charge in [0.1, 0.15) is 13.2 Å². The van der Waals surface area contributed by atoms with Crippen LogP contribution in [0.4, 0.5) is 0 Å². The number of carboxylic acid groups (broad SMARTS) is 1. The summed E-state index contributed by atoms with van der Waals surface area (Å²) in [4.78, 5) is 37.4. The van der Waals surface area contributed by atoms with Gasteiger partial charge in [-0.1, -0.05) is 261 Å². The molecule has 0 amide bonds. The Morgan fingerprint density at radius 2 is 0.781 bits per heavy atom. The van der Waals surface area contributed by atoms with Crippen LogP contribution in [-0.4, -0.2) is 87.4 Å². The quantitative estimate of drug-likeness (QED) is 0.0211. The molecule has 0 saturated carbocycles. The largest absolute Gasteiger partial charge is 0.477 e. The highest BCUT2D eigenvalue weighted by atomic mass is 16.7. The lowest BCUT2D eigenvalue weighted by Gasteiger charge is -2.25. The second-order valence-corrected chi connectivity index (χ2v) is 21.6. The zero-order chi connectivity index (χ0) is 53.4. The van der Waals surface area contributed by atoms with Crippen LogP contribution in [0.15, 0.2) is 60.8 Å². The van der Waals surface area contributed by atoms with E-state index < -0.39 is 24.3 Å². The maximum atomic E-state index is 12.9. The summed E-state index contributed by atoms with van der Waals surface area (Å²) in [5.41, 5.74) is 0. The van der Waals surface area contributed by atoms with E-state index in [1.54, 1.807) is 0 Å². The number of hydrogen-bond donors (Lipinski definition) is 1. The fourth-order valence-corrected chi connectivity index (χ4v) is 8.63. The number of unbranched alkanes of at least 4 members (excludes halogenated alkanes) is 31. The molecule has 0 radical (unpaired) electrons. The molecule has 0 spiro atoms. The predicted molar refractivity (Wildman–Crippen MR) is 309 cm³/mol. The number of carbonyl (C=O) groups excluding carboxylic acids is 2. The fourth-order valence-electron chi connectivity index (χ4n) is 8.63. The van der Waals surface area contributed by atoms with Crippen molar-refractivity contribution in [2.45, 2.75) is 283 Å². The minimum Gasteiger partial charge on any atom is -0.477 e. The van der Waals surface area contributed by atoms with Crippen molar-refractivity contribution >= 4 is 17.9 Å². The lowest BCUT2D eigenvalue weighted by Crippen LogP contribution is -2.40. The number of likely N-dealkylation sites (N-methyl/N-ethyl adjacent to an activating group) is 1. The Balaban J connectivity index is 4.14. The molecule has 0 aromatic rings. The second kappa shape index (κ2) is 55.2. The van der Waals surface area contributed by atoms with Gasteiger partial charge in [-0.05, 0) is 57.8 Å². The number of hydrogen-bond acceptors (Lipinski definition) is 7. The Kier molecular flexibility index (Phi) is 53.0. The van der Waals surface area contributed by atoms with Crippen molar-refractivity contribution in [1.82, 2.24) is 0 Å². The number of carbonyl (C=O) groups is 3. The van der Waals surface area contributed by atoms with Crippen LogP contribution in [-0.2, 0) is 33.3 Å². The van der Waals surface area contributed by atoms with Gasteiger partial charge in [-0.2, -0.15) is 0 Å². The molecule has 0 bridgehead atoms. The van der Waals surface area contributed by atoms with Crippen LogP contribution in [0.25, 0.3) is 0 Å². The first kappa shape index (κ1) is 70.0. The molecule has 0 aromatic heterocycles. The highest BCUT2D eigenvalue weighted by Gasteiger charge is 2.25. The van der Waals surface area contributed by atoms with Gasteiger partial charge in [0.05, 0.1) is 34.4 Å². The summed E-state index contributed by atoms with van der Waals surface area (Å²) >= 11 is 0. The molecule has 0 saturated heterocycles. The fraction of sp³-hybridized carbons (Fsp3) is 0.797. The lowest BCUT2D eigenvalue weighted by molar-refractivity contribution is -0.870. The van der Waals surface area contributed by atoms with E-state index in [1.807, 2.05) is 21.1 Å². The van der Waals surface area contributed by atoms with Crippen molar-refractivity contribution in [1.29, 1.82) is 0 Å². The number of quaternary nitrogens is 1. The van der Waals surface area contributed by atoms with Crippen molar-refractivity contribution in [3.05, 3.63) is 60.8 Å². The summed E-state index contributed by atoms with van der Waals surface area (Å²) in [6.45, 7) is 4.80. The van der Waals surface area contributed by atoms with Gasteiger partial charge in [-0.25, -0.2) is 4.79 Å². The van der Waals surface area contributed by atoms with Crippen molar-refractivity contribution in [3.63, 3.8) is 0 Å². The van der Waals surface area contributed by atoms with Crippen LogP contribution in [0.1, 0.15) is 271 Å². The first-order chi connectivity index (χ1) is 35.6. The van der Waals surface area contributed by atoms with Crippen LogP contribution in [0.5, 0.6) is 0 Å². The highest BCUT2D eigenvalue weighted by Crippen LogP contribution is 2.17.